The Balaban J connectivity index is 1.73. The summed E-state index contributed by atoms with van der Waals surface area (Å²) in [6.45, 7) is 5.90. The fraction of sp³-hybridized carbons (Fsp3) is 0.464. The van der Waals surface area contributed by atoms with Gasteiger partial charge in [0.25, 0.3) is 0 Å². The minimum absolute atomic E-state index is 0.0117. The Morgan fingerprint density at radius 1 is 0.677 bits per heavy atom. The van der Waals surface area contributed by atoms with Crippen molar-refractivity contribution in [2.45, 2.75) is 71.6 Å². The van der Waals surface area contributed by atoms with Gasteiger partial charge in [-0.25, -0.2) is 0 Å². The zero-order chi connectivity index (χ0) is 22.2. The lowest BCUT2D eigenvalue weighted by Crippen LogP contribution is -1.99. The molecule has 0 heterocycles. The monoisotopic (exact) mass is 422 g/mol. The van der Waals surface area contributed by atoms with Crippen molar-refractivity contribution in [2.75, 3.05) is 13.2 Å². The number of ether oxygens (including phenoxy) is 2. The van der Waals surface area contributed by atoms with E-state index in [4.69, 9.17) is 9.47 Å². The van der Waals surface area contributed by atoms with Crippen LogP contribution >= 0.6 is 0 Å². The summed E-state index contributed by atoms with van der Waals surface area (Å²) in [7, 11) is 0. The molecule has 0 fully saturated rings. The molecule has 2 aromatic carbocycles. The van der Waals surface area contributed by atoms with Crippen LogP contribution in [0.3, 0.4) is 0 Å². The molecule has 0 saturated heterocycles. The van der Waals surface area contributed by atoms with Crippen LogP contribution in [0.1, 0.15) is 87.6 Å². The Bertz CT molecular complexity index is 760. The highest BCUT2D eigenvalue weighted by molar-refractivity contribution is 6.06. The van der Waals surface area contributed by atoms with E-state index in [1.165, 1.54) is 44.9 Å². The maximum Gasteiger partial charge on any atom is 0.185 e. The van der Waals surface area contributed by atoms with Crippen molar-refractivity contribution >= 4 is 11.9 Å². The van der Waals surface area contributed by atoms with E-state index in [2.05, 4.69) is 13.8 Å². The lowest BCUT2D eigenvalue weighted by atomic mass is 10.1. The third-order valence-corrected chi connectivity index (χ3v) is 5.23. The van der Waals surface area contributed by atoms with Crippen molar-refractivity contribution in [1.82, 2.24) is 0 Å². The number of carbonyl (C=O) groups is 1. The van der Waals surface area contributed by atoms with Gasteiger partial charge in [0.1, 0.15) is 11.5 Å². The summed E-state index contributed by atoms with van der Waals surface area (Å²) >= 11 is 0. The second kappa shape index (κ2) is 15.3. The predicted octanol–water partition coefficient (Wildman–Crippen LogP) is 7.89. The van der Waals surface area contributed by atoms with Crippen molar-refractivity contribution in [3.8, 4) is 11.5 Å². The first-order chi connectivity index (χ1) is 15.2. The lowest BCUT2D eigenvalue weighted by molar-refractivity contribution is 0.104. The molecule has 0 aromatic heterocycles. The number of benzene rings is 2. The molecule has 3 nitrogen and oxygen atoms in total. The van der Waals surface area contributed by atoms with Crippen molar-refractivity contribution in [2.24, 2.45) is 0 Å². The Labute approximate surface area is 188 Å². The molecule has 0 saturated carbocycles. The summed E-state index contributed by atoms with van der Waals surface area (Å²) in [5.74, 6) is 1.68. The maximum absolute atomic E-state index is 12.4. The molecule has 0 aliphatic rings. The van der Waals surface area contributed by atoms with Crippen LogP contribution in [0.25, 0.3) is 6.08 Å². The molecule has 3 heteroatoms. The van der Waals surface area contributed by atoms with Gasteiger partial charge in [-0.15, -0.1) is 0 Å². The lowest BCUT2D eigenvalue weighted by Gasteiger charge is -2.07. The largest absolute Gasteiger partial charge is 0.494 e. The van der Waals surface area contributed by atoms with Gasteiger partial charge in [-0.1, -0.05) is 77.0 Å². The smallest absolute Gasteiger partial charge is 0.185 e. The summed E-state index contributed by atoms with van der Waals surface area (Å²) in [5, 5.41) is 0. The molecule has 0 spiro atoms. The first kappa shape index (κ1) is 24.7. The summed E-state index contributed by atoms with van der Waals surface area (Å²) in [4.78, 5) is 12.4. The molecule has 0 N–H and O–H groups in total. The minimum atomic E-state index is -0.0117. The average Bonchev–Trinajstić information content (AvgIpc) is 2.81. The van der Waals surface area contributed by atoms with E-state index < -0.39 is 0 Å². The molecule has 0 unspecified atom stereocenters. The van der Waals surface area contributed by atoms with Crippen LogP contribution in [-0.2, 0) is 0 Å². The third kappa shape index (κ3) is 10.3. The SMILES string of the molecule is CCCCCCCCOc1ccc(C(=O)/C=C/c2ccc(OCCCCC)cc2)cc1. The van der Waals surface area contributed by atoms with Crippen molar-refractivity contribution < 1.29 is 14.3 Å². The number of hydrogen-bond acceptors (Lipinski definition) is 3. The quantitative estimate of drug-likeness (QED) is 0.157. The average molecular weight is 423 g/mol. The number of ketones is 1. The van der Waals surface area contributed by atoms with Gasteiger partial charge in [0.2, 0.25) is 0 Å². The summed E-state index contributed by atoms with van der Waals surface area (Å²) in [5.41, 5.74) is 1.65. The molecule has 0 bridgehead atoms. The van der Waals surface area contributed by atoms with Gasteiger partial charge in [-0.2, -0.15) is 0 Å². The van der Waals surface area contributed by atoms with E-state index in [1.807, 2.05) is 54.6 Å². The third-order valence-electron chi connectivity index (χ3n) is 5.23. The molecule has 168 valence electrons. The van der Waals surface area contributed by atoms with Crippen LogP contribution in [0.2, 0.25) is 0 Å². The van der Waals surface area contributed by atoms with E-state index in [0.29, 0.717) is 5.56 Å². The van der Waals surface area contributed by atoms with Crippen molar-refractivity contribution in [1.29, 1.82) is 0 Å². The molecular weight excluding hydrogens is 384 g/mol. The van der Waals surface area contributed by atoms with Gasteiger partial charge in [0, 0.05) is 5.56 Å². The second-order valence-corrected chi connectivity index (χ2v) is 7.96. The fourth-order valence-corrected chi connectivity index (χ4v) is 3.27. The molecule has 31 heavy (non-hydrogen) atoms. The Morgan fingerprint density at radius 2 is 1.16 bits per heavy atom. The van der Waals surface area contributed by atoms with Gasteiger partial charge < -0.3 is 9.47 Å². The number of allylic oxidation sites excluding steroid dienone is 1. The molecule has 0 aliphatic carbocycles. The Kier molecular flexibility index (Phi) is 12.2. The molecule has 0 aliphatic heterocycles. The molecule has 0 amide bonds. The van der Waals surface area contributed by atoms with Crippen LogP contribution in [0.15, 0.2) is 54.6 Å². The van der Waals surface area contributed by atoms with Crippen LogP contribution in [-0.4, -0.2) is 19.0 Å². The van der Waals surface area contributed by atoms with Gasteiger partial charge in [0.15, 0.2) is 5.78 Å². The maximum atomic E-state index is 12.4. The van der Waals surface area contributed by atoms with Gasteiger partial charge in [-0.05, 0) is 60.9 Å². The number of unbranched alkanes of at least 4 members (excludes halogenated alkanes) is 7. The van der Waals surface area contributed by atoms with Gasteiger partial charge in [-0.3, -0.25) is 4.79 Å². The summed E-state index contributed by atoms with van der Waals surface area (Å²) in [6.07, 6.45) is 14.4. The summed E-state index contributed by atoms with van der Waals surface area (Å²) in [6, 6.07) is 15.3. The van der Waals surface area contributed by atoms with Gasteiger partial charge >= 0.3 is 0 Å². The van der Waals surface area contributed by atoms with E-state index in [1.54, 1.807) is 6.08 Å². The first-order valence-electron chi connectivity index (χ1n) is 11.9. The number of carbonyl (C=O) groups excluding carboxylic acids is 1. The zero-order valence-electron chi connectivity index (χ0n) is 19.3. The van der Waals surface area contributed by atoms with Crippen LogP contribution < -0.4 is 9.47 Å². The Hall–Kier alpha value is -2.55. The molecule has 2 aromatic rings. The second-order valence-electron chi connectivity index (χ2n) is 7.96. The fourth-order valence-electron chi connectivity index (χ4n) is 3.27. The zero-order valence-corrected chi connectivity index (χ0v) is 19.3. The summed E-state index contributed by atoms with van der Waals surface area (Å²) < 4.78 is 11.5. The molecule has 0 atom stereocenters. The first-order valence-corrected chi connectivity index (χ1v) is 11.9. The number of hydrogen-bond donors (Lipinski definition) is 0. The van der Waals surface area contributed by atoms with E-state index >= 15 is 0 Å². The van der Waals surface area contributed by atoms with Crippen LogP contribution in [0, 0.1) is 0 Å². The Morgan fingerprint density at radius 3 is 1.77 bits per heavy atom. The minimum Gasteiger partial charge on any atom is -0.494 e. The number of rotatable bonds is 16. The van der Waals surface area contributed by atoms with Gasteiger partial charge in [0.05, 0.1) is 13.2 Å². The van der Waals surface area contributed by atoms with E-state index in [0.717, 1.165) is 43.1 Å². The van der Waals surface area contributed by atoms with Crippen molar-refractivity contribution in [3.63, 3.8) is 0 Å². The van der Waals surface area contributed by atoms with Crippen molar-refractivity contribution in [3.05, 3.63) is 65.7 Å². The molecular formula is C28H38O3. The van der Waals surface area contributed by atoms with E-state index in [9.17, 15) is 4.79 Å². The highest BCUT2D eigenvalue weighted by Crippen LogP contribution is 2.16. The highest BCUT2D eigenvalue weighted by Gasteiger charge is 2.03. The highest BCUT2D eigenvalue weighted by atomic mass is 16.5. The predicted molar refractivity (Wildman–Crippen MR) is 130 cm³/mol. The van der Waals surface area contributed by atoms with Crippen LogP contribution in [0.5, 0.6) is 11.5 Å². The normalized spacial score (nSPS) is 11.0. The molecule has 2 rings (SSSR count). The standard InChI is InChI=1S/C28H38O3/c1-3-5-7-8-9-11-23-31-27-19-15-25(16-20-27)28(29)21-14-24-12-17-26(18-13-24)30-22-10-6-4-2/h12-21H,3-11,22-23H2,1-2H3/b21-14+. The van der Waals surface area contributed by atoms with E-state index in [-0.39, 0.29) is 5.78 Å². The van der Waals surface area contributed by atoms with Crippen LogP contribution in [0.4, 0.5) is 0 Å². The molecule has 0 radical (unpaired) electrons. The topological polar surface area (TPSA) is 35.5 Å².